The van der Waals surface area contributed by atoms with E-state index in [2.05, 4.69) is 20.7 Å². The molecule has 0 saturated heterocycles. The monoisotopic (exact) mass is 260 g/mol. The Morgan fingerprint density at radius 3 is 2.37 bits per heavy atom. The Hall–Kier alpha value is -2.87. The van der Waals surface area contributed by atoms with Gasteiger partial charge in [0.25, 0.3) is 0 Å². The zero-order valence-corrected chi connectivity index (χ0v) is 9.81. The Morgan fingerprint density at radius 1 is 1.16 bits per heavy atom. The van der Waals surface area contributed by atoms with Gasteiger partial charge in [-0.2, -0.15) is 5.10 Å². The van der Waals surface area contributed by atoms with Crippen LogP contribution in [0.2, 0.25) is 0 Å². The van der Waals surface area contributed by atoms with Crippen LogP contribution in [0.15, 0.2) is 45.0 Å². The minimum atomic E-state index is -0.690. The molecule has 0 aliphatic heterocycles. The number of amidine groups is 1. The predicted molar refractivity (Wildman–Crippen MR) is 71.2 cm³/mol. The molecular weight excluding hydrogens is 248 g/mol. The molecule has 1 aromatic heterocycles. The van der Waals surface area contributed by atoms with Gasteiger partial charge in [-0.25, -0.2) is 5.84 Å². The standard InChI is InChI=1S/C11H12N6O2/c12-14-10(15-13)7-3-1-6(2-4-7)8-5-9(18)11(19)17-16-8/h1-5H,12-13H2,(H,14,15)(H,16,18)(H,17,19). The number of hydrazine groups is 1. The Morgan fingerprint density at radius 2 is 1.84 bits per heavy atom. The molecule has 0 aliphatic rings. The van der Waals surface area contributed by atoms with Crippen molar-refractivity contribution in [3.05, 3.63) is 56.5 Å². The third-order valence-corrected chi connectivity index (χ3v) is 2.55. The summed E-state index contributed by atoms with van der Waals surface area (Å²) >= 11 is 0. The van der Waals surface area contributed by atoms with Gasteiger partial charge in [0.1, 0.15) is 0 Å². The minimum absolute atomic E-state index is 0.335. The summed E-state index contributed by atoms with van der Waals surface area (Å²) < 4.78 is 0. The largest absolute Gasteiger partial charge is 0.321 e. The van der Waals surface area contributed by atoms with E-state index < -0.39 is 11.0 Å². The number of benzene rings is 1. The van der Waals surface area contributed by atoms with Gasteiger partial charge >= 0.3 is 5.56 Å². The van der Waals surface area contributed by atoms with Gasteiger partial charge in [0.2, 0.25) is 5.43 Å². The van der Waals surface area contributed by atoms with Crippen molar-refractivity contribution in [2.24, 2.45) is 16.8 Å². The molecule has 0 saturated carbocycles. The summed E-state index contributed by atoms with van der Waals surface area (Å²) in [6.45, 7) is 0. The third kappa shape index (κ3) is 2.53. The van der Waals surface area contributed by atoms with Gasteiger partial charge in [-0.3, -0.25) is 19.8 Å². The molecule has 0 bridgehead atoms. The van der Waals surface area contributed by atoms with Gasteiger partial charge in [0.15, 0.2) is 5.84 Å². The van der Waals surface area contributed by atoms with E-state index in [-0.39, 0.29) is 0 Å². The zero-order valence-electron chi connectivity index (χ0n) is 9.81. The quantitative estimate of drug-likeness (QED) is 0.152. The highest BCUT2D eigenvalue weighted by Crippen LogP contribution is 2.14. The summed E-state index contributed by atoms with van der Waals surface area (Å²) in [4.78, 5) is 22.2. The second kappa shape index (κ2) is 5.19. The average Bonchev–Trinajstić information content (AvgIpc) is 2.44. The fourth-order valence-electron chi connectivity index (χ4n) is 1.58. The number of H-pyrrole nitrogens is 2. The molecule has 0 unspecified atom stereocenters. The van der Waals surface area contributed by atoms with Crippen molar-refractivity contribution in [1.29, 1.82) is 0 Å². The van der Waals surface area contributed by atoms with Crippen molar-refractivity contribution in [3.63, 3.8) is 0 Å². The van der Waals surface area contributed by atoms with Crippen LogP contribution in [-0.4, -0.2) is 16.0 Å². The first-order valence-corrected chi connectivity index (χ1v) is 5.33. The molecule has 0 fully saturated rings. The molecule has 98 valence electrons. The smallest absolute Gasteiger partial charge is 0.310 e. The maximum atomic E-state index is 11.3. The lowest BCUT2D eigenvalue weighted by molar-refractivity contribution is 0.979. The van der Waals surface area contributed by atoms with Gasteiger partial charge in [0, 0.05) is 11.6 Å². The molecule has 2 aromatic rings. The van der Waals surface area contributed by atoms with Crippen LogP contribution in [0.1, 0.15) is 5.56 Å². The molecule has 0 atom stereocenters. The van der Waals surface area contributed by atoms with E-state index in [1.807, 2.05) is 0 Å². The van der Waals surface area contributed by atoms with Crippen LogP contribution in [0.5, 0.6) is 0 Å². The van der Waals surface area contributed by atoms with E-state index >= 15 is 0 Å². The summed E-state index contributed by atoms with van der Waals surface area (Å²) in [6.07, 6.45) is 0. The van der Waals surface area contributed by atoms with Gasteiger partial charge in [0.05, 0.1) is 5.69 Å². The predicted octanol–water partition coefficient (Wildman–Crippen LogP) is -1.19. The third-order valence-electron chi connectivity index (χ3n) is 2.55. The van der Waals surface area contributed by atoms with Crippen LogP contribution in [0.3, 0.4) is 0 Å². The minimum Gasteiger partial charge on any atom is -0.321 e. The lowest BCUT2D eigenvalue weighted by Crippen LogP contribution is -2.32. The molecule has 1 aromatic carbocycles. The van der Waals surface area contributed by atoms with E-state index in [0.717, 1.165) is 5.56 Å². The number of hydrogen-bond donors (Lipinski definition) is 5. The van der Waals surface area contributed by atoms with Crippen LogP contribution < -0.4 is 28.1 Å². The first-order chi connectivity index (χ1) is 9.15. The molecule has 2 rings (SSSR count). The van der Waals surface area contributed by atoms with E-state index in [0.29, 0.717) is 17.1 Å². The molecule has 0 radical (unpaired) electrons. The fraction of sp³-hybridized carbons (Fsp3) is 0. The Bertz CT molecular complexity index is 713. The second-order valence-corrected chi connectivity index (χ2v) is 3.70. The Balaban J connectivity index is 2.40. The van der Waals surface area contributed by atoms with Crippen LogP contribution in [0.4, 0.5) is 0 Å². The number of hydrazone groups is 1. The number of nitrogens with one attached hydrogen (secondary N) is 3. The molecule has 19 heavy (non-hydrogen) atoms. The number of rotatable bonds is 2. The van der Waals surface area contributed by atoms with Crippen molar-refractivity contribution >= 4 is 5.84 Å². The average molecular weight is 260 g/mol. The first-order valence-electron chi connectivity index (χ1n) is 5.33. The molecule has 8 nitrogen and oxygen atoms in total. The summed E-state index contributed by atoms with van der Waals surface area (Å²) in [5, 5.41) is 8.38. The number of nitrogens with zero attached hydrogens (tertiary/aromatic N) is 1. The van der Waals surface area contributed by atoms with Crippen LogP contribution >= 0.6 is 0 Å². The second-order valence-electron chi connectivity index (χ2n) is 3.70. The highest BCUT2D eigenvalue weighted by Gasteiger charge is 2.04. The van der Waals surface area contributed by atoms with E-state index in [9.17, 15) is 9.59 Å². The van der Waals surface area contributed by atoms with Crippen molar-refractivity contribution < 1.29 is 0 Å². The summed E-state index contributed by atoms with van der Waals surface area (Å²) in [6, 6.07) is 8.16. The summed E-state index contributed by atoms with van der Waals surface area (Å²) in [5.41, 5.74) is 2.99. The molecule has 7 N–H and O–H groups in total. The van der Waals surface area contributed by atoms with Crippen molar-refractivity contribution in [1.82, 2.24) is 15.6 Å². The van der Waals surface area contributed by atoms with Gasteiger partial charge < -0.3 is 11.3 Å². The zero-order chi connectivity index (χ0) is 13.8. The lowest BCUT2D eigenvalue weighted by Gasteiger charge is -2.05. The van der Waals surface area contributed by atoms with Crippen molar-refractivity contribution in [2.75, 3.05) is 0 Å². The van der Waals surface area contributed by atoms with E-state index in [1.54, 1.807) is 24.3 Å². The normalized spacial score (nSPS) is 11.3. The number of aromatic amines is 2. The first kappa shape index (κ1) is 12.6. The van der Waals surface area contributed by atoms with Gasteiger partial charge in [-0.05, 0) is 5.56 Å². The Kier molecular flexibility index (Phi) is 3.44. The van der Waals surface area contributed by atoms with Gasteiger partial charge in [-0.15, -0.1) is 0 Å². The lowest BCUT2D eigenvalue weighted by atomic mass is 10.1. The van der Waals surface area contributed by atoms with E-state index in [4.69, 9.17) is 11.7 Å². The number of nitrogens with two attached hydrogens (primary N) is 2. The molecule has 0 amide bonds. The Labute approximate surface area is 107 Å². The highest BCUT2D eigenvalue weighted by atomic mass is 16.2. The summed E-state index contributed by atoms with van der Waals surface area (Å²) in [7, 11) is 0. The molecule has 0 spiro atoms. The molecule has 1 heterocycles. The maximum absolute atomic E-state index is 11.3. The topological polar surface area (TPSA) is 142 Å². The van der Waals surface area contributed by atoms with Crippen LogP contribution in [-0.2, 0) is 0 Å². The van der Waals surface area contributed by atoms with Crippen molar-refractivity contribution in [2.45, 2.75) is 0 Å². The number of hydrogen-bond acceptors (Lipinski definition) is 5. The van der Waals surface area contributed by atoms with Gasteiger partial charge in [-0.1, -0.05) is 24.3 Å². The highest BCUT2D eigenvalue weighted by molar-refractivity contribution is 5.98. The van der Waals surface area contributed by atoms with Crippen LogP contribution in [0.25, 0.3) is 11.3 Å². The number of aromatic nitrogens is 2. The fourth-order valence-corrected chi connectivity index (χ4v) is 1.58. The summed E-state index contributed by atoms with van der Waals surface area (Å²) in [5.74, 6) is 10.7. The van der Waals surface area contributed by atoms with E-state index in [1.165, 1.54) is 6.07 Å². The molecule has 0 aliphatic carbocycles. The maximum Gasteiger partial charge on any atom is 0.310 e. The van der Waals surface area contributed by atoms with Crippen LogP contribution in [0, 0.1) is 0 Å². The molecule has 8 heteroatoms. The van der Waals surface area contributed by atoms with Crippen molar-refractivity contribution in [3.8, 4) is 11.3 Å². The molecular formula is C11H12N6O2. The SMILES string of the molecule is N/N=C(\NN)c1ccc(-c2cc(=O)c(=O)[nH][nH]2)cc1.